The average Bonchev–Trinajstić information content (AvgIpc) is 3.30. The van der Waals surface area contributed by atoms with Crippen LogP contribution in [0.5, 0.6) is 0 Å². The van der Waals surface area contributed by atoms with Gasteiger partial charge in [-0.15, -0.1) is 0 Å². The number of aromatic nitrogens is 4. The van der Waals surface area contributed by atoms with Crippen LogP contribution >= 0.6 is 0 Å². The Bertz CT molecular complexity index is 1510. The number of carbonyl (C=O) groups excluding carboxylic acids is 1. The molecule has 5 heterocycles. The summed E-state index contributed by atoms with van der Waals surface area (Å²) in [6.45, 7) is 12.6. The third kappa shape index (κ3) is 6.42. The van der Waals surface area contributed by atoms with Gasteiger partial charge in [0.1, 0.15) is 17.3 Å². The van der Waals surface area contributed by atoms with Gasteiger partial charge in [-0.2, -0.15) is 0 Å². The number of nitrogens with zero attached hydrogens (tertiary/aromatic N) is 6. The van der Waals surface area contributed by atoms with E-state index in [1.807, 2.05) is 25.3 Å². The van der Waals surface area contributed by atoms with E-state index < -0.39 is 11.6 Å². The monoisotopic (exact) mass is 563 g/mol. The van der Waals surface area contributed by atoms with Crippen molar-refractivity contribution in [1.82, 2.24) is 29.3 Å². The molecule has 2 aliphatic rings. The lowest BCUT2D eigenvalue weighted by Crippen LogP contribution is -2.59. The van der Waals surface area contributed by atoms with Gasteiger partial charge < -0.3 is 19.5 Å². The lowest BCUT2D eigenvalue weighted by molar-refractivity contribution is -0.0246. The zero-order valence-electron chi connectivity index (χ0n) is 23.8. The van der Waals surface area contributed by atoms with Gasteiger partial charge in [0.15, 0.2) is 12.1 Å². The molecule has 0 amide bonds. The van der Waals surface area contributed by atoms with Crippen LogP contribution in [-0.4, -0.2) is 88.1 Å². The fraction of sp³-hybridized carbons (Fsp3) is 0.400. The predicted octanol–water partition coefficient (Wildman–Crippen LogP) is 4.85. The number of rotatable bonds is 6. The van der Waals surface area contributed by atoms with Gasteiger partial charge in [0.25, 0.3) is 0 Å². The van der Waals surface area contributed by atoms with Crippen LogP contribution in [0.1, 0.15) is 35.9 Å². The number of ether oxygens (including phenoxy) is 1. The summed E-state index contributed by atoms with van der Waals surface area (Å²) in [5.74, 6) is -0.607. The third-order valence-electron chi connectivity index (χ3n) is 7.40. The molecule has 0 bridgehead atoms. The molecule has 0 radical (unpaired) electrons. The first-order valence-electron chi connectivity index (χ1n) is 13.8. The maximum absolute atomic E-state index is 14.8. The fourth-order valence-corrected chi connectivity index (χ4v) is 5.37. The third-order valence-corrected chi connectivity index (χ3v) is 7.40. The van der Waals surface area contributed by atoms with Crippen molar-refractivity contribution in [3.8, 4) is 11.3 Å². The molecule has 216 valence electrons. The highest BCUT2D eigenvalue weighted by Gasteiger charge is 2.29. The number of likely N-dealkylation sites (tertiary alicyclic amines) is 1. The zero-order valence-corrected chi connectivity index (χ0v) is 23.8. The minimum absolute atomic E-state index is 0.0213. The summed E-state index contributed by atoms with van der Waals surface area (Å²) in [5.41, 5.74) is 2.32. The maximum Gasteiger partial charge on any atom is 0.229 e. The van der Waals surface area contributed by atoms with E-state index in [0.717, 1.165) is 44.2 Å². The average molecular weight is 564 g/mol. The van der Waals surface area contributed by atoms with Crippen LogP contribution in [0.3, 0.4) is 0 Å². The number of benzene rings is 1. The van der Waals surface area contributed by atoms with Crippen molar-refractivity contribution in [2.45, 2.75) is 32.9 Å². The second-order valence-electron chi connectivity index (χ2n) is 10.8. The van der Waals surface area contributed by atoms with E-state index in [-0.39, 0.29) is 17.7 Å². The highest BCUT2D eigenvalue weighted by Crippen LogP contribution is 2.32. The second-order valence-corrected chi connectivity index (χ2v) is 10.8. The topological polar surface area (TPSA) is 88.4 Å². The van der Waals surface area contributed by atoms with Crippen molar-refractivity contribution < 1.29 is 18.3 Å². The van der Waals surface area contributed by atoms with Gasteiger partial charge in [0, 0.05) is 66.7 Å². The van der Waals surface area contributed by atoms with E-state index >= 15 is 0 Å². The molecule has 0 saturated carbocycles. The number of halogens is 2. The molecule has 41 heavy (non-hydrogen) atoms. The van der Waals surface area contributed by atoms with Crippen LogP contribution in [0.25, 0.3) is 22.2 Å². The first kappa shape index (κ1) is 28.7. The molecule has 3 aromatic heterocycles. The summed E-state index contributed by atoms with van der Waals surface area (Å²) in [4.78, 5) is 27.9. The second kappa shape index (κ2) is 12.4. The van der Waals surface area contributed by atoms with E-state index in [2.05, 4.69) is 37.1 Å². The maximum atomic E-state index is 14.8. The Hall–Kier alpha value is -3.80. The van der Waals surface area contributed by atoms with E-state index in [9.17, 15) is 13.6 Å². The number of morpholine rings is 1. The lowest BCUT2D eigenvalue weighted by atomic mass is 10.1. The van der Waals surface area contributed by atoms with E-state index in [0.29, 0.717) is 34.1 Å². The number of likely N-dealkylation sites (N-methyl/N-ethyl adjacent to an activating group) is 1. The number of aldehydes is 1. The number of aryl methyl sites for hydroxylation is 1. The fourth-order valence-electron chi connectivity index (χ4n) is 5.37. The summed E-state index contributed by atoms with van der Waals surface area (Å²) in [7, 11) is 2.18. The van der Waals surface area contributed by atoms with Gasteiger partial charge in [-0.1, -0.05) is 0 Å². The van der Waals surface area contributed by atoms with Gasteiger partial charge in [0.05, 0.1) is 24.9 Å². The Kier molecular flexibility index (Phi) is 8.67. The highest BCUT2D eigenvalue weighted by molar-refractivity contribution is 5.87. The number of fused-ring (bicyclic) bond motifs is 1. The molecule has 1 aromatic carbocycles. The summed E-state index contributed by atoms with van der Waals surface area (Å²) in [6.07, 6.45) is 3.10. The molecule has 9 nitrogen and oxygen atoms in total. The van der Waals surface area contributed by atoms with Crippen LogP contribution in [0, 0.1) is 18.6 Å². The van der Waals surface area contributed by atoms with Crippen LogP contribution in [0.2, 0.25) is 0 Å². The number of hydrogen-bond acceptors (Lipinski definition) is 8. The molecule has 2 aliphatic heterocycles. The molecule has 4 aromatic rings. The van der Waals surface area contributed by atoms with Gasteiger partial charge in [-0.25, -0.2) is 23.7 Å². The number of nitrogens with one attached hydrogen (secondary N) is 1. The van der Waals surface area contributed by atoms with Crippen LogP contribution in [0.15, 0.2) is 42.7 Å². The molecule has 0 atom stereocenters. The Morgan fingerprint density at radius 3 is 2.44 bits per heavy atom. The largest absolute Gasteiger partial charge is 0.379 e. The van der Waals surface area contributed by atoms with E-state index in [1.165, 1.54) is 25.4 Å². The Balaban J connectivity index is 0.000000255. The van der Waals surface area contributed by atoms with Crippen LogP contribution in [0.4, 0.5) is 20.5 Å². The molecule has 0 aliphatic carbocycles. The molecule has 1 N–H and O–H groups in total. The van der Waals surface area contributed by atoms with Gasteiger partial charge in [-0.05, 0) is 58.2 Å². The normalized spacial score (nSPS) is 16.4. The number of hydrogen-bond donors (Lipinski definition) is 1. The first-order valence-corrected chi connectivity index (χ1v) is 13.8. The molecule has 0 unspecified atom stereocenters. The van der Waals surface area contributed by atoms with Crippen LogP contribution in [-0.2, 0) is 4.74 Å². The minimum atomic E-state index is -0.664. The zero-order chi connectivity index (χ0) is 29.1. The van der Waals surface area contributed by atoms with Crippen molar-refractivity contribution in [1.29, 1.82) is 0 Å². The highest BCUT2D eigenvalue weighted by atomic mass is 19.1. The predicted molar refractivity (Wildman–Crippen MR) is 155 cm³/mol. The Morgan fingerprint density at radius 2 is 1.80 bits per heavy atom. The molecular formula is C30H35F2N7O2. The molecule has 6 rings (SSSR count). The number of carbonyl (C=O) groups is 1. The van der Waals surface area contributed by atoms with Gasteiger partial charge in [0.2, 0.25) is 5.95 Å². The molecule has 0 spiro atoms. The van der Waals surface area contributed by atoms with Crippen molar-refractivity contribution in [2.75, 3.05) is 51.8 Å². The molecule has 11 heteroatoms. The SMILES string of the molecule is CN1CC(N2CCOCC2)C1.Cc1cc2c(F)cc(-c3nc(Nc4ccc(C=O)cn4)ncc3F)cc2n1C(C)C. The number of anilines is 2. The standard InChI is InChI=1S/C22H19F2N5O.C8H16N2O/c1-12(2)29-13(3)6-16-17(23)7-15(8-19(16)29)21-18(24)10-26-22(28-21)27-20-5-4-14(11-30)9-25-20;1-9-6-8(7-9)10-2-4-11-5-3-10/h4-12H,1-3H3,(H,25,26,27,28);8H,2-7H2,1H3. The molecular weight excluding hydrogens is 528 g/mol. The minimum Gasteiger partial charge on any atom is -0.379 e. The number of pyridine rings is 1. The van der Waals surface area contributed by atoms with Crippen molar-refractivity contribution in [3.63, 3.8) is 0 Å². The molecule has 2 fully saturated rings. The molecule has 2 saturated heterocycles. The first-order chi connectivity index (χ1) is 19.7. The van der Waals surface area contributed by atoms with E-state index in [4.69, 9.17) is 4.74 Å². The Morgan fingerprint density at radius 1 is 1.05 bits per heavy atom. The summed E-state index contributed by atoms with van der Waals surface area (Å²) in [6, 6.07) is 8.90. The smallest absolute Gasteiger partial charge is 0.229 e. The summed E-state index contributed by atoms with van der Waals surface area (Å²) >= 11 is 0. The van der Waals surface area contributed by atoms with Crippen molar-refractivity contribution in [3.05, 3.63) is 65.6 Å². The van der Waals surface area contributed by atoms with Crippen molar-refractivity contribution in [2.24, 2.45) is 0 Å². The lowest BCUT2D eigenvalue weighted by Gasteiger charge is -2.44. The Labute approximate surface area is 238 Å². The van der Waals surface area contributed by atoms with Crippen molar-refractivity contribution >= 4 is 29.0 Å². The van der Waals surface area contributed by atoms with Crippen LogP contribution < -0.4 is 5.32 Å². The quantitative estimate of drug-likeness (QED) is 0.333. The summed E-state index contributed by atoms with van der Waals surface area (Å²) in [5, 5.41) is 3.35. The van der Waals surface area contributed by atoms with Gasteiger partial charge in [-0.3, -0.25) is 9.69 Å². The summed E-state index contributed by atoms with van der Waals surface area (Å²) < 4.78 is 36.6. The van der Waals surface area contributed by atoms with E-state index in [1.54, 1.807) is 24.3 Å². The van der Waals surface area contributed by atoms with Gasteiger partial charge >= 0.3 is 0 Å².